The van der Waals surface area contributed by atoms with E-state index in [-0.39, 0.29) is 5.56 Å². The minimum absolute atomic E-state index is 0.0203. The van der Waals surface area contributed by atoms with Crippen molar-refractivity contribution in [1.29, 1.82) is 0 Å². The average Bonchev–Trinajstić information content (AvgIpc) is 2.18. The van der Waals surface area contributed by atoms with Crippen LogP contribution in [0.1, 0.15) is 22.8 Å². The maximum Gasteiger partial charge on any atom is 0.341 e. The van der Waals surface area contributed by atoms with Gasteiger partial charge >= 0.3 is 5.97 Å². The molecule has 0 spiro atoms. The first-order valence-electron chi connectivity index (χ1n) is 4.20. The van der Waals surface area contributed by atoms with E-state index >= 15 is 0 Å². The third kappa shape index (κ3) is 1.99. The molecule has 0 aromatic heterocycles. The number of methoxy groups -OCH3 is 1. The van der Waals surface area contributed by atoms with E-state index in [0.29, 0.717) is 5.56 Å². The number of carbonyl (C=O) groups excluding carboxylic acids is 1. The van der Waals surface area contributed by atoms with Gasteiger partial charge in [0.05, 0.1) is 7.11 Å². The topological polar surface area (TPSA) is 26.3 Å². The fourth-order valence-electron chi connectivity index (χ4n) is 1.18. The number of allylic oxidation sites excluding steroid dienone is 1. The highest BCUT2D eigenvalue weighted by molar-refractivity contribution is 5.93. The molecule has 0 radical (unpaired) electrons. The number of esters is 1. The van der Waals surface area contributed by atoms with Gasteiger partial charge in [0, 0.05) is 0 Å². The Morgan fingerprint density at radius 3 is 2.79 bits per heavy atom. The van der Waals surface area contributed by atoms with Crippen LogP contribution in [0.3, 0.4) is 0 Å². The van der Waals surface area contributed by atoms with Crippen molar-refractivity contribution >= 4 is 12.0 Å². The standard InChI is InChI=1S/C11H11FO2/c1-3-5-8-6-4-7-9(12)10(8)11(13)14-2/h3-7H,1-2H3/b5-3+. The van der Waals surface area contributed by atoms with E-state index in [4.69, 9.17) is 0 Å². The number of halogens is 1. The third-order valence-corrected chi connectivity index (χ3v) is 1.78. The van der Waals surface area contributed by atoms with E-state index in [2.05, 4.69) is 4.74 Å². The predicted molar refractivity (Wildman–Crippen MR) is 52.4 cm³/mol. The Morgan fingerprint density at radius 2 is 2.21 bits per heavy atom. The summed E-state index contributed by atoms with van der Waals surface area (Å²) in [5.41, 5.74) is 0.507. The fraction of sp³-hybridized carbons (Fsp3) is 0.182. The molecule has 74 valence electrons. The van der Waals surface area contributed by atoms with E-state index < -0.39 is 11.8 Å². The molecule has 14 heavy (non-hydrogen) atoms. The first-order chi connectivity index (χ1) is 6.70. The molecule has 0 aliphatic heterocycles. The summed E-state index contributed by atoms with van der Waals surface area (Å²) in [5, 5.41) is 0. The normalized spacial score (nSPS) is 10.5. The number of benzene rings is 1. The van der Waals surface area contributed by atoms with Gasteiger partial charge < -0.3 is 4.74 Å². The lowest BCUT2D eigenvalue weighted by molar-refractivity contribution is 0.0595. The molecule has 1 rings (SSSR count). The van der Waals surface area contributed by atoms with E-state index in [1.165, 1.54) is 13.2 Å². The molecular formula is C11H11FO2. The van der Waals surface area contributed by atoms with Gasteiger partial charge in [-0.2, -0.15) is 0 Å². The largest absolute Gasteiger partial charge is 0.465 e. The minimum atomic E-state index is -0.656. The van der Waals surface area contributed by atoms with Gasteiger partial charge in [-0.3, -0.25) is 0 Å². The van der Waals surface area contributed by atoms with E-state index in [0.717, 1.165) is 0 Å². The van der Waals surface area contributed by atoms with E-state index in [1.54, 1.807) is 31.2 Å². The molecule has 0 aliphatic rings. The summed E-state index contributed by atoms with van der Waals surface area (Å²) in [4.78, 5) is 11.2. The second-order valence-electron chi connectivity index (χ2n) is 2.70. The zero-order valence-corrected chi connectivity index (χ0v) is 8.08. The molecule has 0 heterocycles. The van der Waals surface area contributed by atoms with Crippen molar-refractivity contribution < 1.29 is 13.9 Å². The molecule has 0 aliphatic carbocycles. The number of hydrogen-bond donors (Lipinski definition) is 0. The quantitative estimate of drug-likeness (QED) is 0.676. The first-order valence-corrected chi connectivity index (χ1v) is 4.20. The monoisotopic (exact) mass is 194 g/mol. The highest BCUT2D eigenvalue weighted by Crippen LogP contribution is 2.16. The van der Waals surface area contributed by atoms with Crippen molar-refractivity contribution in [3.8, 4) is 0 Å². The zero-order valence-electron chi connectivity index (χ0n) is 8.08. The number of carbonyl (C=O) groups is 1. The molecule has 2 nitrogen and oxygen atoms in total. The lowest BCUT2D eigenvalue weighted by Gasteiger charge is -2.04. The Morgan fingerprint density at radius 1 is 1.50 bits per heavy atom. The maximum absolute atomic E-state index is 13.3. The number of rotatable bonds is 2. The predicted octanol–water partition coefficient (Wildman–Crippen LogP) is 2.65. The van der Waals surface area contributed by atoms with Gasteiger partial charge in [0.1, 0.15) is 11.4 Å². The maximum atomic E-state index is 13.3. The molecule has 1 aromatic carbocycles. The summed E-state index contributed by atoms with van der Waals surface area (Å²) in [7, 11) is 1.23. The first kappa shape index (κ1) is 10.4. The Labute approximate surface area is 82.0 Å². The lowest BCUT2D eigenvalue weighted by Crippen LogP contribution is -2.06. The van der Waals surface area contributed by atoms with Crippen LogP contribution in [-0.4, -0.2) is 13.1 Å². The van der Waals surface area contributed by atoms with Crippen LogP contribution in [-0.2, 0) is 4.74 Å². The van der Waals surface area contributed by atoms with Crippen LogP contribution in [0.15, 0.2) is 24.3 Å². The fourth-order valence-corrected chi connectivity index (χ4v) is 1.18. The SMILES string of the molecule is C/C=C/c1cccc(F)c1C(=O)OC. The summed E-state index contributed by atoms with van der Waals surface area (Å²) in [6.07, 6.45) is 3.40. The molecule has 0 amide bonds. The van der Waals surface area contributed by atoms with E-state index in [1.807, 2.05) is 0 Å². The highest BCUT2D eigenvalue weighted by atomic mass is 19.1. The van der Waals surface area contributed by atoms with E-state index in [9.17, 15) is 9.18 Å². The summed E-state index contributed by atoms with van der Waals surface area (Å²) >= 11 is 0. The molecule has 0 atom stereocenters. The number of ether oxygens (including phenoxy) is 1. The minimum Gasteiger partial charge on any atom is -0.465 e. The van der Waals surface area contributed by atoms with Crippen molar-refractivity contribution in [2.24, 2.45) is 0 Å². The van der Waals surface area contributed by atoms with Crippen LogP contribution in [0.5, 0.6) is 0 Å². The lowest BCUT2D eigenvalue weighted by atomic mass is 10.1. The Bertz CT molecular complexity index is 370. The smallest absolute Gasteiger partial charge is 0.341 e. The average molecular weight is 194 g/mol. The van der Waals surface area contributed by atoms with Gasteiger partial charge in [-0.1, -0.05) is 24.3 Å². The van der Waals surface area contributed by atoms with Crippen LogP contribution in [0.25, 0.3) is 6.08 Å². The number of hydrogen-bond acceptors (Lipinski definition) is 2. The Balaban J connectivity index is 3.29. The molecule has 0 saturated heterocycles. The van der Waals surface area contributed by atoms with Gasteiger partial charge in [0.25, 0.3) is 0 Å². The third-order valence-electron chi connectivity index (χ3n) is 1.78. The van der Waals surface area contributed by atoms with Crippen molar-refractivity contribution in [3.05, 3.63) is 41.2 Å². The van der Waals surface area contributed by atoms with Gasteiger partial charge in [-0.05, 0) is 18.6 Å². The zero-order chi connectivity index (χ0) is 10.6. The van der Waals surface area contributed by atoms with Gasteiger partial charge in [-0.15, -0.1) is 0 Å². The molecule has 0 saturated carbocycles. The van der Waals surface area contributed by atoms with Crippen molar-refractivity contribution in [2.75, 3.05) is 7.11 Å². The molecule has 0 fully saturated rings. The highest BCUT2D eigenvalue weighted by Gasteiger charge is 2.14. The Hall–Kier alpha value is -1.64. The molecule has 0 bridgehead atoms. The van der Waals surface area contributed by atoms with Crippen LogP contribution in [0.4, 0.5) is 4.39 Å². The molecule has 0 unspecified atom stereocenters. The van der Waals surface area contributed by atoms with Gasteiger partial charge in [-0.25, -0.2) is 9.18 Å². The van der Waals surface area contributed by atoms with Gasteiger partial charge in [0.2, 0.25) is 0 Å². The molecule has 3 heteroatoms. The van der Waals surface area contributed by atoms with Crippen LogP contribution in [0.2, 0.25) is 0 Å². The molecule has 1 aromatic rings. The summed E-state index contributed by atoms with van der Waals surface area (Å²) in [6.45, 7) is 1.80. The Kier molecular flexibility index (Phi) is 3.40. The van der Waals surface area contributed by atoms with Crippen LogP contribution in [0, 0.1) is 5.82 Å². The second-order valence-corrected chi connectivity index (χ2v) is 2.70. The summed E-state index contributed by atoms with van der Waals surface area (Å²) in [6, 6.07) is 4.45. The van der Waals surface area contributed by atoms with Crippen LogP contribution < -0.4 is 0 Å². The van der Waals surface area contributed by atoms with Crippen LogP contribution >= 0.6 is 0 Å². The van der Waals surface area contributed by atoms with Gasteiger partial charge in [0.15, 0.2) is 0 Å². The molecular weight excluding hydrogens is 183 g/mol. The van der Waals surface area contributed by atoms with Crippen molar-refractivity contribution in [2.45, 2.75) is 6.92 Å². The summed E-state index contributed by atoms with van der Waals surface area (Å²) < 4.78 is 17.8. The second kappa shape index (κ2) is 4.56. The summed E-state index contributed by atoms with van der Waals surface area (Å²) in [5.74, 6) is -1.22. The molecule has 0 N–H and O–H groups in total. The van der Waals surface area contributed by atoms with Crippen molar-refractivity contribution in [1.82, 2.24) is 0 Å². The van der Waals surface area contributed by atoms with Crippen molar-refractivity contribution in [3.63, 3.8) is 0 Å².